The molecule has 0 spiro atoms. The van der Waals surface area contributed by atoms with Crippen molar-refractivity contribution >= 4 is 33.1 Å². The summed E-state index contributed by atoms with van der Waals surface area (Å²) in [6, 6.07) is 13.2. The topological polar surface area (TPSA) is 60.3 Å². The van der Waals surface area contributed by atoms with Crippen LogP contribution < -0.4 is 14.9 Å². The van der Waals surface area contributed by atoms with Crippen LogP contribution in [0.1, 0.15) is 32.4 Å². The Bertz CT molecular complexity index is 986. The van der Waals surface area contributed by atoms with Crippen molar-refractivity contribution < 1.29 is 9.53 Å². The first-order valence-corrected chi connectivity index (χ1v) is 9.36. The number of benzene rings is 2. The Kier molecular flexibility index (Phi) is 5.13. The predicted molar refractivity (Wildman–Crippen MR) is 106 cm³/mol. The zero-order valence-corrected chi connectivity index (χ0v) is 16.1. The standard InChI is InChI=1S/C20H22N2O3S/c1-12(2)22-17-10-7-15(11-18(17)26-20(22)24)21-19(23)14(4)25-16-8-5-13(3)6-9-16/h5-12,14H,1-4H3,(H,21,23). The summed E-state index contributed by atoms with van der Waals surface area (Å²) < 4.78 is 8.30. The van der Waals surface area contributed by atoms with Crippen molar-refractivity contribution in [2.75, 3.05) is 5.32 Å². The van der Waals surface area contributed by atoms with Crippen LogP contribution in [0.4, 0.5) is 5.69 Å². The number of carbonyl (C=O) groups excluding carboxylic acids is 1. The van der Waals surface area contributed by atoms with Gasteiger partial charge in [0.1, 0.15) is 5.75 Å². The third-order valence-corrected chi connectivity index (χ3v) is 5.02. The molecule has 1 amide bonds. The number of nitrogens with zero attached hydrogens (tertiary/aromatic N) is 1. The molecule has 0 fully saturated rings. The Morgan fingerprint density at radius 3 is 2.46 bits per heavy atom. The number of hydrogen-bond acceptors (Lipinski definition) is 4. The molecule has 0 saturated heterocycles. The van der Waals surface area contributed by atoms with E-state index in [2.05, 4.69) is 5.32 Å². The first-order chi connectivity index (χ1) is 12.3. The number of thiazole rings is 1. The number of hydrogen-bond donors (Lipinski definition) is 1. The summed E-state index contributed by atoms with van der Waals surface area (Å²) in [5.74, 6) is 0.418. The maximum absolute atomic E-state index is 12.4. The van der Waals surface area contributed by atoms with Crippen LogP contribution in [0.3, 0.4) is 0 Å². The molecule has 3 rings (SSSR count). The zero-order valence-electron chi connectivity index (χ0n) is 15.3. The van der Waals surface area contributed by atoms with Crippen LogP contribution in [-0.2, 0) is 4.79 Å². The molecular weight excluding hydrogens is 348 g/mol. The molecule has 0 bridgehead atoms. The highest BCUT2D eigenvalue weighted by Crippen LogP contribution is 2.24. The molecule has 0 radical (unpaired) electrons. The van der Waals surface area contributed by atoms with Gasteiger partial charge >= 0.3 is 4.87 Å². The molecule has 0 aliphatic carbocycles. The molecule has 2 aromatic carbocycles. The smallest absolute Gasteiger partial charge is 0.308 e. The number of aryl methyl sites for hydroxylation is 1. The van der Waals surface area contributed by atoms with Crippen LogP contribution in [0.2, 0.25) is 0 Å². The molecule has 1 aromatic heterocycles. The zero-order chi connectivity index (χ0) is 18.8. The van der Waals surface area contributed by atoms with Crippen LogP contribution in [0.15, 0.2) is 47.3 Å². The van der Waals surface area contributed by atoms with E-state index in [0.29, 0.717) is 11.4 Å². The van der Waals surface area contributed by atoms with Crippen LogP contribution in [-0.4, -0.2) is 16.6 Å². The summed E-state index contributed by atoms with van der Waals surface area (Å²) in [7, 11) is 0. The number of aromatic nitrogens is 1. The van der Waals surface area contributed by atoms with E-state index in [0.717, 1.165) is 15.8 Å². The minimum absolute atomic E-state index is 0.00884. The second kappa shape index (κ2) is 7.33. The summed E-state index contributed by atoms with van der Waals surface area (Å²) in [4.78, 5) is 24.5. The third kappa shape index (κ3) is 3.80. The van der Waals surface area contributed by atoms with Gasteiger partial charge in [0.2, 0.25) is 0 Å². The normalized spacial score (nSPS) is 12.3. The monoisotopic (exact) mass is 370 g/mol. The predicted octanol–water partition coefficient (Wildman–Crippen LogP) is 4.36. The van der Waals surface area contributed by atoms with E-state index in [4.69, 9.17) is 4.74 Å². The van der Waals surface area contributed by atoms with Crippen molar-refractivity contribution in [2.45, 2.75) is 39.8 Å². The lowest BCUT2D eigenvalue weighted by Crippen LogP contribution is -2.30. The summed E-state index contributed by atoms with van der Waals surface area (Å²) in [5, 5.41) is 2.85. The molecule has 5 nitrogen and oxygen atoms in total. The number of ether oxygens (including phenoxy) is 1. The van der Waals surface area contributed by atoms with Gasteiger partial charge in [-0.1, -0.05) is 29.0 Å². The van der Waals surface area contributed by atoms with E-state index >= 15 is 0 Å². The van der Waals surface area contributed by atoms with Gasteiger partial charge in [-0.2, -0.15) is 0 Å². The minimum Gasteiger partial charge on any atom is -0.481 e. The van der Waals surface area contributed by atoms with Crippen molar-refractivity contribution in [3.05, 3.63) is 57.7 Å². The molecule has 136 valence electrons. The third-order valence-electron chi connectivity index (χ3n) is 4.10. The number of rotatable bonds is 5. The van der Waals surface area contributed by atoms with Gasteiger partial charge < -0.3 is 10.1 Å². The van der Waals surface area contributed by atoms with Crippen molar-refractivity contribution in [3.8, 4) is 5.75 Å². The van der Waals surface area contributed by atoms with Gasteiger partial charge in [0.25, 0.3) is 5.91 Å². The maximum atomic E-state index is 12.4. The van der Waals surface area contributed by atoms with E-state index < -0.39 is 6.10 Å². The Balaban J connectivity index is 1.74. The Morgan fingerprint density at radius 1 is 1.12 bits per heavy atom. The number of amides is 1. The van der Waals surface area contributed by atoms with Gasteiger partial charge in [0, 0.05) is 11.7 Å². The average molecular weight is 370 g/mol. The number of fused-ring (bicyclic) bond motifs is 1. The number of anilines is 1. The largest absolute Gasteiger partial charge is 0.481 e. The lowest BCUT2D eigenvalue weighted by molar-refractivity contribution is -0.122. The molecule has 0 aliphatic heterocycles. The lowest BCUT2D eigenvalue weighted by atomic mass is 10.2. The van der Waals surface area contributed by atoms with Crippen LogP contribution in [0.5, 0.6) is 5.75 Å². The van der Waals surface area contributed by atoms with Crippen molar-refractivity contribution in [1.29, 1.82) is 0 Å². The molecule has 0 saturated carbocycles. The van der Waals surface area contributed by atoms with Gasteiger partial charge in [-0.25, -0.2) is 0 Å². The maximum Gasteiger partial charge on any atom is 0.308 e. The van der Waals surface area contributed by atoms with Crippen molar-refractivity contribution in [3.63, 3.8) is 0 Å². The SMILES string of the molecule is Cc1ccc(OC(C)C(=O)Nc2ccc3c(c2)sc(=O)n3C(C)C)cc1. The molecule has 0 aliphatic rings. The first-order valence-electron chi connectivity index (χ1n) is 8.54. The highest BCUT2D eigenvalue weighted by molar-refractivity contribution is 7.16. The molecular formula is C20H22N2O3S. The second-order valence-electron chi connectivity index (χ2n) is 6.58. The highest BCUT2D eigenvalue weighted by atomic mass is 32.1. The van der Waals surface area contributed by atoms with Gasteiger partial charge in [-0.05, 0) is 58.0 Å². The first kappa shape index (κ1) is 18.2. The molecule has 1 unspecified atom stereocenters. The van der Waals surface area contributed by atoms with Gasteiger partial charge in [-0.15, -0.1) is 0 Å². The molecule has 6 heteroatoms. The van der Waals surface area contributed by atoms with E-state index in [1.165, 1.54) is 11.3 Å². The molecule has 1 N–H and O–H groups in total. The van der Waals surface area contributed by atoms with Gasteiger partial charge in [0.05, 0.1) is 10.2 Å². The Labute approximate surface area is 156 Å². The molecule has 1 atom stereocenters. The lowest BCUT2D eigenvalue weighted by Gasteiger charge is -2.15. The summed E-state index contributed by atoms with van der Waals surface area (Å²) in [6.45, 7) is 7.67. The molecule has 26 heavy (non-hydrogen) atoms. The van der Waals surface area contributed by atoms with E-state index in [-0.39, 0.29) is 16.8 Å². The van der Waals surface area contributed by atoms with Crippen molar-refractivity contribution in [2.24, 2.45) is 0 Å². The highest BCUT2D eigenvalue weighted by Gasteiger charge is 2.16. The summed E-state index contributed by atoms with van der Waals surface area (Å²) in [5.41, 5.74) is 2.67. The van der Waals surface area contributed by atoms with E-state index in [1.807, 2.05) is 63.2 Å². The summed E-state index contributed by atoms with van der Waals surface area (Å²) >= 11 is 1.19. The second-order valence-corrected chi connectivity index (χ2v) is 7.57. The number of carbonyl (C=O) groups is 1. The summed E-state index contributed by atoms with van der Waals surface area (Å²) in [6.07, 6.45) is -0.632. The quantitative estimate of drug-likeness (QED) is 0.726. The molecule has 1 heterocycles. The Morgan fingerprint density at radius 2 is 1.81 bits per heavy atom. The van der Waals surface area contributed by atoms with Gasteiger partial charge in [0.15, 0.2) is 6.10 Å². The number of nitrogens with one attached hydrogen (secondary N) is 1. The fourth-order valence-electron chi connectivity index (χ4n) is 2.72. The van der Waals surface area contributed by atoms with E-state index in [9.17, 15) is 9.59 Å². The fraction of sp³-hybridized carbons (Fsp3) is 0.300. The Hall–Kier alpha value is -2.60. The molecule has 3 aromatic rings. The average Bonchev–Trinajstić information content (AvgIpc) is 2.92. The van der Waals surface area contributed by atoms with Crippen LogP contribution in [0.25, 0.3) is 10.2 Å². The van der Waals surface area contributed by atoms with E-state index in [1.54, 1.807) is 11.5 Å². The fourth-order valence-corrected chi connectivity index (χ4v) is 3.77. The minimum atomic E-state index is -0.632. The van der Waals surface area contributed by atoms with Gasteiger partial charge in [-0.3, -0.25) is 14.2 Å². The van der Waals surface area contributed by atoms with Crippen LogP contribution >= 0.6 is 11.3 Å². The van der Waals surface area contributed by atoms with Crippen LogP contribution in [0, 0.1) is 6.92 Å². The van der Waals surface area contributed by atoms with Crippen molar-refractivity contribution in [1.82, 2.24) is 4.57 Å².